The standard InChI is InChI=1S/C14H16FNO4/c15-7-6-10(8-11(16)17)13(18)12(14(19)20)9-4-2-1-3-5-9/h1-5,10,12H,6-8H2,(H2,16,17)(H,19,20). The lowest BCUT2D eigenvalue weighted by Crippen LogP contribution is -2.31. The number of amides is 1. The first-order valence-corrected chi connectivity index (χ1v) is 6.13. The van der Waals surface area contributed by atoms with Crippen LogP contribution in [0.5, 0.6) is 0 Å². The third-order valence-electron chi connectivity index (χ3n) is 2.97. The zero-order valence-electron chi connectivity index (χ0n) is 10.8. The summed E-state index contributed by atoms with van der Waals surface area (Å²) in [6, 6.07) is 7.92. The molecule has 3 N–H and O–H groups in total. The summed E-state index contributed by atoms with van der Waals surface area (Å²) >= 11 is 0. The number of hydrogen-bond donors (Lipinski definition) is 2. The van der Waals surface area contributed by atoms with E-state index in [1.165, 1.54) is 12.1 Å². The van der Waals surface area contributed by atoms with Crippen LogP contribution in [-0.4, -0.2) is 29.4 Å². The zero-order valence-corrected chi connectivity index (χ0v) is 10.8. The second-order valence-corrected chi connectivity index (χ2v) is 4.43. The van der Waals surface area contributed by atoms with Crippen molar-refractivity contribution in [3.8, 4) is 0 Å². The number of rotatable bonds is 8. The molecule has 0 spiro atoms. The van der Waals surface area contributed by atoms with Crippen molar-refractivity contribution >= 4 is 17.7 Å². The number of halogens is 1. The fraction of sp³-hybridized carbons (Fsp3) is 0.357. The molecule has 0 bridgehead atoms. The lowest BCUT2D eigenvalue weighted by molar-refractivity contribution is -0.144. The summed E-state index contributed by atoms with van der Waals surface area (Å²) in [6.45, 7) is -0.815. The van der Waals surface area contributed by atoms with E-state index >= 15 is 0 Å². The fourth-order valence-corrected chi connectivity index (χ4v) is 2.03. The van der Waals surface area contributed by atoms with E-state index in [2.05, 4.69) is 0 Å². The Bertz CT molecular complexity index is 489. The molecule has 2 atom stereocenters. The number of Topliss-reactive ketones (excluding diaryl/α,β-unsaturated/α-hetero) is 1. The quantitative estimate of drug-likeness (QED) is 0.701. The third-order valence-corrected chi connectivity index (χ3v) is 2.97. The molecule has 0 aromatic heterocycles. The summed E-state index contributed by atoms with van der Waals surface area (Å²) in [5.41, 5.74) is 5.32. The number of aliphatic carboxylic acids is 1. The minimum Gasteiger partial charge on any atom is -0.480 e. The van der Waals surface area contributed by atoms with Gasteiger partial charge in [-0.05, 0) is 12.0 Å². The average Bonchev–Trinajstić information content (AvgIpc) is 2.38. The van der Waals surface area contributed by atoms with Crippen molar-refractivity contribution in [3.05, 3.63) is 35.9 Å². The SMILES string of the molecule is NC(=O)CC(CCF)C(=O)C(C(=O)O)c1ccccc1. The first-order chi connectivity index (χ1) is 9.47. The molecule has 0 saturated heterocycles. The van der Waals surface area contributed by atoms with Gasteiger partial charge in [-0.2, -0.15) is 0 Å². The molecular weight excluding hydrogens is 265 g/mol. The Kier molecular flexibility index (Phi) is 5.83. The minimum absolute atomic E-state index is 0.210. The predicted molar refractivity (Wildman–Crippen MR) is 69.7 cm³/mol. The predicted octanol–water partition coefficient (Wildman–Crippen LogP) is 1.28. The Hall–Kier alpha value is -2.24. The lowest BCUT2D eigenvalue weighted by atomic mass is 9.84. The van der Waals surface area contributed by atoms with Crippen LogP contribution < -0.4 is 5.73 Å². The van der Waals surface area contributed by atoms with Crippen LogP contribution >= 0.6 is 0 Å². The van der Waals surface area contributed by atoms with Crippen LogP contribution in [0.2, 0.25) is 0 Å². The molecule has 108 valence electrons. The Morgan fingerprint density at radius 2 is 1.80 bits per heavy atom. The molecule has 0 radical (unpaired) electrons. The van der Waals surface area contributed by atoms with Crippen LogP contribution in [0.4, 0.5) is 4.39 Å². The van der Waals surface area contributed by atoms with Crippen molar-refractivity contribution in [1.29, 1.82) is 0 Å². The summed E-state index contributed by atoms with van der Waals surface area (Å²) < 4.78 is 12.5. The maximum absolute atomic E-state index is 12.5. The van der Waals surface area contributed by atoms with Crippen LogP contribution in [0.1, 0.15) is 24.3 Å². The highest BCUT2D eigenvalue weighted by molar-refractivity contribution is 6.05. The number of hydrogen-bond acceptors (Lipinski definition) is 3. The number of primary amides is 1. The Morgan fingerprint density at radius 3 is 2.25 bits per heavy atom. The number of nitrogens with two attached hydrogens (primary N) is 1. The van der Waals surface area contributed by atoms with Crippen molar-refractivity contribution in [3.63, 3.8) is 0 Å². The molecule has 6 heteroatoms. The highest BCUT2D eigenvalue weighted by atomic mass is 19.1. The number of carbonyl (C=O) groups excluding carboxylic acids is 2. The van der Waals surface area contributed by atoms with Crippen molar-refractivity contribution in [2.24, 2.45) is 11.7 Å². The molecule has 0 fully saturated rings. The van der Waals surface area contributed by atoms with E-state index in [4.69, 9.17) is 5.73 Å². The van der Waals surface area contributed by atoms with Crippen LogP contribution in [0.25, 0.3) is 0 Å². The summed E-state index contributed by atoms with van der Waals surface area (Å²) in [7, 11) is 0. The van der Waals surface area contributed by atoms with Gasteiger partial charge in [-0.3, -0.25) is 18.8 Å². The minimum atomic E-state index is -1.41. The van der Waals surface area contributed by atoms with E-state index in [-0.39, 0.29) is 12.8 Å². The molecule has 1 aromatic rings. The highest BCUT2D eigenvalue weighted by Gasteiger charge is 2.34. The maximum atomic E-state index is 12.5. The van der Waals surface area contributed by atoms with Crippen LogP contribution in [0.3, 0.4) is 0 Å². The number of carboxylic acid groups (broad SMARTS) is 1. The van der Waals surface area contributed by atoms with Gasteiger partial charge >= 0.3 is 5.97 Å². The van der Waals surface area contributed by atoms with Gasteiger partial charge < -0.3 is 10.8 Å². The molecule has 0 heterocycles. The van der Waals surface area contributed by atoms with Gasteiger partial charge in [0.15, 0.2) is 5.78 Å². The number of carboxylic acids is 1. The van der Waals surface area contributed by atoms with Gasteiger partial charge in [0.2, 0.25) is 5.91 Å². The maximum Gasteiger partial charge on any atom is 0.318 e. The largest absolute Gasteiger partial charge is 0.480 e. The first-order valence-electron chi connectivity index (χ1n) is 6.13. The van der Waals surface area contributed by atoms with E-state index < -0.39 is 36.2 Å². The molecule has 1 aromatic carbocycles. The van der Waals surface area contributed by atoms with E-state index in [9.17, 15) is 23.9 Å². The summed E-state index contributed by atoms with van der Waals surface area (Å²) in [5, 5.41) is 9.22. The molecule has 0 aliphatic rings. The summed E-state index contributed by atoms with van der Waals surface area (Å²) in [5.74, 6) is -5.20. The first kappa shape index (κ1) is 15.8. The van der Waals surface area contributed by atoms with E-state index in [0.29, 0.717) is 5.56 Å². The molecular formula is C14H16FNO4. The van der Waals surface area contributed by atoms with Gasteiger partial charge in [-0.15, -0.1) is 0 Å². The summed E-state index contributed by atoms with van der Waals surface area (Å²) in [6.07, 6.45) is -0.558. The normalized spacial score (nSPS) is 13.4. The topological polar surface area (TPSA) is 97.5 Å². The second-order valence-electron chi connectivity index (χ2n) is 4.43. The molecule has 20 heavy (non-hydrogen) atoms. The average molecular weight is 281 g/mol. The van der Waals surface area contributed by atoms with E-state index in [1.54, 1.807) is 18.2 Å². The molecule has 0 saturated carbocycles. The second kappa shape index (κ2) is 7.37. The molecule has 2 unspecified atom stereocenters. The van der Waals surface area contributed by atoms with Gasteiger partial charge in [0.1, 0.15) is 5.92 Å². The van der Waals surface area contributed by atoms with Crippen LogP contribution in [-0.2, 0) is 14.4 Å². The molecule has 0 aliphatic heterocycles. The van der Waals surface area contributed by atoms with E-state index in [1.807, 2.05) is 0 Å². The Balaban J connectivity index is 3.03. The lowest BCUT2D eigenvalue weighted by Gasteiger charge is -2.18. The Morgan fingerprint density at radius 1 is 1.20 bits per heavy atom. The molecule has 1 amide bonds. The van der Waals surface area contributed by atoms with Gasteiger partial charge in [-0.1, -0.05) is 30.3 Å². The molecule has 1 rings (SSSR count). The smallest absolute Gasteiger partial charge is 0.318 e. The molecule has 5 nitrogen and oxygen atoms in total. The van der Waals surface area contributed by atoms with Crippen molar-refractivity contribution in [2.75, 3.05) is 6.67 Å². The van der Waals surface area contributed by atoms with Gasteiger partial charge in [0.25, 0.3) is 0 Å². The zero-order chi connectivity index (χ0) is 15.1. The Labute approximate surface area is 115 Å². The van der Waals surface area contributed by atoms with Gasteiger partial charge in [-0.25, -0.2) is 0 Å². The van der Waals surface area contributed by atoms with Gasteiger partial charge in [0, 0.05) is 12.3 Å². The number of carbonyl (C=O) groups is 3. The van der Waals surface area contributed by atoms with E-state index in [0.717, 1.165) is 0 Å². The highest BCUT2D eigenvalue weighted by Crippen LogP contribution is 2.24. The van der Waals surface area contributed by atoms with Crippen LogP contribution in [0, 0.1) is 5.92 Å². The number of benzene rings is 1. The summed E-state index contributed by atoms with van der Waals surface area (Å²) in [4.78, 5) is 34.5. The van der Waals surface area contributed by atoms with Crippen molar-refractivity contribution < 1.29 is 23.9 Å². The monoisotopic (exact) mass is 281 g/mol. The van der Waals surface area contributed by atoms with Crippen molar-refractivity contribution in [2.45, 2.75) is 18.8 Å². The fourth-order valence-electron chi connectivity index (χ4n) is 2.03. The number of alkyl halides is 1. The van der Waals surface area contributed by atoms with Crippen molar-refractivity contribution in [1.82, 2.24) is 0 Å². The van der Waals surface area contributed by atoms with Gasteiger partial charge in [0.05, 0.1) is 6.67 Å². The van der Waals surface area contributed by atoms with Crippen LogP contribution in [0.15, 0.2) is 30.3 Å². The number of ketones is 1. The third kappa shape index (κ3) is 4.15. The molecule has 0 aliphatic carbocycles.